The molecule has 3 aliphatic heterocycles. The van der Waals surface area contributed by atoms with Crippen molar-refractivity contribution >= 4 is 5.97 Å². The highest BCUT2D eigenvalue weighted by Crippen LogP contribution is 2.37. The lowest BCUT2D eigenvalue weighted by atomic mass is 9.96. The van der Waals surface area contributed by atoms with Crippen LogP contribution >= 0.6 is 0 Å². The van der Waals surface area contributed by atoms with E-state index in [1.807, 2.05) is 273 Å². The van der Waals surface area contributed by atoms with Crippen molar-refractivity contribution < 1.29 is 81.0 Å². The lowest BCUT2D eigenvalue weighted by Crippen LogP contribution is -2.65. The summed E-state index contributed by atoms with van der Waals surface area (Å²) in [5, 5.41) is 12.3. The summed E-state index contributed by atoms with van der Waals surface area (Å²) < 4.78 is 104. The van der Waals surface area contributed by atoms with Crippen LogP contribution in [-0.4, -0.2) is 123 Å². The average molecular weight is 1360 g/mol. The molecule has 3 saturated heterocycles. The number of hydrogen-bond acceptors (Lipinski definition) is 17. The second kappa shape index (κ2) is 38.0. The molecule has 3 heterocycles. The Balaban J connectivity index is 0.906. The van der Waals surface area contributed by atoms with Gasteiger partial charge in [-0.25, -0.2) is 0 Å². The number of benzene rings is 9. The summed E-state index contributed by atoms with van der Waals surface area (Å²) in [6.45, 7) is 2.33. The highest BCUT2D eigenvalue weighted by Gasteiger charge is 2.54. The van der Waals surface area contributed by atoms with Crippen LogP contribution in [0.1, 0.15) is 57.0 Å². The first kappa shape index (κ1) is 71.7. The molecule has 9 aromatic carbocycles. The van der Waals surface area contributed by atoms with Gasteiger partial charge in [-0.1, -0.05) is 273 Å². The van der Waals surface area contributed by atoms with Gasteiger partial charge in [-0.3, -0.25) is 4.79 Å². The maximum Gasteiger partial charge on any atom is 0.303 e. The number of ether oxygens (including phenoxy) is 15. The van der Waals surface area contributed by atoms with Gasteiger partial charge in [0.1, 0.15) is 67.1 Å². The van der Waals surface area contributed by atoms with Gasteiger partial charge in [0.25, 0.3) is 0 Å². The van der Waals surface area contributed by atoms with Gasteiger partial charge >= 0.3 is 5.97 Å². The van der Waals surface area contributed by atoms with Crippen molar-refractivity contribution in [2.24, 2.45) is 0 Å². The summed E-state index contributed by atoms with van der Waals surface area (Å²) >= 11 is 0. The Morgan fingerprint density at radius 3 is 0.810 bits per heavy atom. The van der Waals surface area contributed by atoms with E-state index in [9.17, 15) is 9.90 Å². The fourth-order valence-corrected chi connectivity index (χ4v) is 12.5. The van der Waals surface area contributed by atoms with Crippen LogP contribution in [0.3, 0.4) is 0 Å². The van der Waals surface area contributed by atoms with E-state index < -0.39 is 98.1 Å². The van der Waals surface area contributed by atoms with Gasteiger partial charge in [0.05, 0.1) is 79.3 Å². The fourth-order valence-electron chi connectivity index (χ4n) is 12.5. The van der Waals surface area contributed by atoms with Crippen LogP contribution in [0, 0.1) is 0 Å². The molecule has 1 N–H and O–H groups in total. The minimum atomic E-state index is -1.51. The highest BCUT2D eigenvalue weighted by molar-refractivity contribution is 5.66. The van der Waals surface area contributed by atoms with Crippen molar-refractivity contribution in [2.45, 2.75) is 159 Å². The molecule has 0 bridgehead atoms. The maximum absolute atomic E-state index is 13.6. The molecule has 15 atom stereocenters. The van der Waals surface area contributed by atoms with E-state index in [1.165, 1.54) is 6.92 Å². The Hall–Kier alpha value is -8.15. The molecule has 0 spiro atoms. The number of aliphatic hydroxyl groups is 1. The van der Waals surface area contributed by atoms with E-state index in [-0.39, 0.29) is 79.3 Å². The van der Waals surface area contributed by atoms with Crippen LogP contribution in [0.15, 0.2) is 273 Å². The first-order valence-electron chi connectivity index (χ1n) is 34.2. The van der Waals surface area contributed by atoms with Crippen molar-refractivity contribution in [3.63, 3.8) is 0 Å². The molecule has 9 aromatic rings. The summed E-state index contributed by atoms with van der Waals surface area (Å²) in [6.07, 6.45) is -15.8. The molecular weight excluding hydrogens is 1270 g/mol. The van der Waals surface area contributed by atoms with E-state index in [4.69, 9.17) is 71.1 Å². The lowest BCUT2D eigenvalue weighted by molar-refractivity contribution is -0.359. The number of rotatable bonds is 35. The van der Waals surface area contributed by atoms with E-state index in [1.54, 1.807) is 0 Å². The van der Waals surface area contributed by atoms with Gasteiger partial charge in [-0.05, 0) is 50.1 Å². The zero-order valence-electron chi connectivity index (χ0n) is 56.1. The van der Waals surface area contributed by atoms with Crippen molar-refractivity contribution in [2.75, 3.05) is 19.8 Å². The Kier molecular flexibility index (Phi) is 27.3. The normalized spacial score (nSPS) is 25.2. The summed E-state index contributed by atoms with van der Waals surface area (Å²) in [5.74, 6) is -0.599. The van der Waals surface area contributed by atoms with E-state index in [0.717, 1.165) is 50.1 Å². The van der Waals surface area contributed by atoms with Gasteiger partial charge in [-0.15, -0.1) is 0 Å². The Labute approximate surface area is 585 Å². The minimum Gasteiger partial charge on any atom is -0.454 e. The Morgan fingerprint density at radius 1 is 0.270 bits per heavy atom. The van der Waals surface area contributed by atoms with Crippen molar-refractivity contribution in [3.05, 3.63) is 323 Å². The summed E-state index contributed by atoms with van der Waals surface area (Å²) in [4.78, 5) is 13.6. The predicted octanol–water partition coefficient (Wildman–Crippen LogP) is 13.0. The van der Waals surface area contributed by atoms with E-state index >= 15 is 0 Å². The molecule has 9 unspecified atom stereocenters. The number of carbonyl (C=O) groups excluding carboxylic acids is 1. The van der Waals surface area contributed by atoms with Crippen molar-refractivity contribution in [1.82, 2.24) is 0 Å². The molecule has 12 rings (SSSR count). The quantitative estimate of drug-likeness (QED) is 0.0371. The fraction of sp³-hybridized carbons (Fsp3) is 0.337. The third-order valence-corrected chi connectivity index (χ3v) is 17.6. The van der Waals surface area contributed by atoms with E-state index in [0.29, 0.717) is 0 Å². The number of aliphatic hydroxyl groups excluding tert-OH is 1. The summed E-state index contributed by atoms with van der Waals surface area (Å²) in [7, 11) is 0. The van der Waals surface area contributed by atoms with Crippen LogP contribution < -0.4 is 0 Å². The lowest BCUT2D eigenvalue weighted by Gasteiger charge is -2.48. The second-order valence-electron chi connectivity index (χ2n) is 25.0. The van der Waals surface area contributed by atoms with Crippen molar-refractivity contribution in [3.8, 4) is 0 Å². The standard InChI is InChI=1S/C83H88O17/c1-59(84)97-80-77(92-53-66-41-23-8-24-42-66)72(87-48-61-31-13-3-14-32-61)69(56-86-47-60-29-11-2-12-30-60)99-83(80)96-58-71-74(89-50-63-35-17-5-18-36-63)76(91-52-65-39-21-7-22-40-65)79(94-55-68-45-27-10-28-46-68)82(100-71)95-57-70-73(88-49-62-33-15-4-16-34-62)75(90-51-64-37-19-6-20-38-64)78(81(85)98-70)93-54-67-43-25-9-26-44-67/h2-46,69-83,85H,47-58H2,1H3/t69?,70?,71?,72-,73-,74-,75?,76?,77?,78?,79?,80?,81+,82-,83-/m1/s1. The third kappa shape index (κ3) is 21.0. The molecule has 3 aliphatic rings. The van der Waals surface area contributed by atoms with Crippen LogP contribution in [0.4, 0.5) is 0 Å². The molecular formula is C83H88O17. The second-order valence-corrected chi connectivity index (χ2v) is 25.0. The van der Waals surface area contributed by atoms with Crippen LogP contribution in [0.25, 0.3) is 0 Å². The largest absolute Gasteiger partial charge is 0.454 e. The van der Waals surface area contributed by atoms with Gasteiger partial charge in [0.2, 0.25) is 0 Å². The zero-order valence-corrected chi connectivity index (χ0v) is 56.1. The van der Waals surface area contributed by atoms with Gasteiger partial charge in [0, 0.05) is 6.92 Å². The number of hydrogen-bond donors (Lipinski definition) is 1. The number of carbonyl (C=O) groups is 1. The maximum atomic E-state index is 13.6. The number of esters is 1. The molecule has 100 heavy (non-hydrogen) atoms. The zero-order chi connectivity index (χ0) is 68.3. The molecule has 17 heteroatoms. The van der Waals surface area contributed by atoms with Crippen LogP contribution in [0.5, 0.6) is 0 Å². The summed E-state index contributed by atoms with van der Waals surface area (Å²) in [5.41, 5.74) is 8.11. The highest BCUT2D eigenvalue weighted by atomic mass is 16.8. The molecule has 0 radical (unpaired) electrons. The van der Waals surface area contributed by atoms with Crippen molar-refractivity contribution in [1.29, 1.82) is 0 Å². The van der Waals surface area contributed by atoms with Gasteiger partial charge in [-0.2, -0.15) is 0 Å². The molecule has 0 saturated carbocycles. The Morgan fingerprint density at radius 2 is 0.500 bits per heavy atom. The monoisotopic (exact) mass is 1360 g/mol. The minimum absolute atomic E-state index is 0.0345. The van der Waals surface area contributed by atoms with Gasteiger partial charge in [0.15, 0.2) is 25.0 Å². The van der Waals surface area contributed by atoms with Crippen LogP contribution in [-0.2, 0) is 135 Å². The molecule has 522 valence electrons. The summed E-state index contributed by atoms with van der Waals surface area (Å²) in [6, 6.07) is 88.2. The van der Waals surface area contributed by atoms with Crippen LogP contribution in [0.2, 0.25) is 0 Å². The first-order chi connectivity index (χ1) is 49.3. The van der Waals surface area contributed by atoms with Gasteiger partial charge < -0.3 is 76.2 Å². The molecule has 3 fully saturated rings. The average Bonchev–Trinajstić information content (AvgIpc) is 0.787. The smallest absolute Gasteiger partial charge is 0.303 e. The Bertz CT molecular complexity index is 3730. The van der Waals surface area contributed by atoms with E-state index in [2.05, 4.69) is 0 Å². The molecule has 0 amide bonds. The predicted molar refractivity (Wildman–Crippen MR) is 372 cm³/mol. The topological polar surface area (TPSA) is 176 Å². The SMILES string of the molecule is CC(=O)OC1C(OCc2ccccc2)[C@H](OCc2ccccc2)C(COCc2ccccc2)O[C@H]1OCC1O[C@@H](OCC2O[C@H](O)C(OCc3ccccc3)C(OCc3ccccc3)[C@@H]2OCc2ccccc2)C(OCc2ccccc2)C(OCc2ccccc2)[C@@H]1OCc1ccccc1. The first-order valence-corrected chi connectivity index (χ1v) is 34.2. The molecule has 0 aromatic heterocycles. The molecule has 17 nitrogen and oxygen atoms in total. The molecule has 0 aliphatic carbocycles. The third-order valence-electron chi connectivity index (χ3n) is 17.6.